The highest BCUT2D eigenvalue weighted by Gasteiger charge is 2.25. The minimum atomic E-state index is -0.432. The Hall–Kier alpha value is -3.23. The fraction of sp³-hybridized carbons (Fsp3) is 0.105. The van der Waals surface area contributed by atoms with Crippen LogP contribution in [0.5, 0.6) is 0 Å². The van der Waals surface area contributed by atoms with Crippen LogP contribution < -0.4 is 5.32 Å². The average Bonchev–Trinajstić information content (AvgIpc) is 3.34. The summed E-state index contributed by atoms with van der Waals surface area (Å²) in [5, 5.41) is 11.3. The molecule has 3 heterocycles. The third-order valence-corrected chi connectivity index (χ3v) is 4.73. The van der Waals surface area contributed by atoms with E-state index in [1.165, 1.54) is 0 Å². The van der Waals surface area contributed by atoms with Gasteiger partial charge in [-0.15, -0.1) is 0 Å². The van der Waals surface area contributed by atoms with Crippen molar-refractivity contribution >= 4 is 29.1 Å². The van der Waals surface area contributed by atoms with Crippen molar-refractivity contribution in [2.45, 2.75) is 13.5 Å². The molecule has 0 aliphatic carbocycles. The molecular weight excluding hydrogens is 417 g/mol. The molecule has 29 heavy (non-hydrogen) atoms. The number of pyridine rings is 1. The first kappa shape index (κ1) is 19.1. The summed E-state index contributed by atoms with van der Waals surface area (Å²) in [4.78, 5) is 21.0. The molecule has 10 heteroatoms. The van der Waals surface area contributed by atoms with Crippen molar-refractivity contribution in [2.24, 2.45) is 0 Å². The van der Waals surface area contributed by atoms with Gasteiger partial charge in [0, 0.05) is 23.5 Å². The summed E-state index contributed by atoms with van der Waals surface area (Å²) in [6, 6.07) is 8.54. The number of nitrogens with one attached hydrogen (secondary N) is 1. The first-order chi connectivity index (χ1) is 14.0. The number of amides is 1. The second kappa shape index (κ2) is 8.02. The van der Waals surface area contributed by atoms with Gasteiger partial charge in [-0.2, -0.15) is 4.98 Å². The Bertz CT molecular complexity index is 1150. The molecule has 146 valence electrons. The zero-order valence-electron chi connectivity index (χ0n) is 15.0. The number of hydrogen-bond donors (Lipinski definition) is 1. The molecule has 0 aliphatic rings. The number of halogens is 2. The average molecular weight is 430 g/mol. The van der Waals surface area contributed by atoms with Crippen LogP contribution in [0.3, 0.4) is 0 Å². The van der Waals surface area contributed by atoms with Crippen molar-refractivity contribution in [3.8, 4) is 22.6 Å². The molecule has 3 aromatic heterocycles. The zero-order valence-corrected chi connectivity index (χ0v) is 16.5. The summed E-state index contributed by atoms with van der Waals surface area (Å²) in [7, 11) is 0. The molecule has 0 radical (unpaired) electrons. The summed E-state index contributed by atoms with van der Waals surface area (Å²) < 4.78 is 10.4. The van der Waals surface area contributed by atoms with Crippen LogP contribution in [0.25, 0.3) is 22.6 Å². The normalized spacial score (nSPS) is 10.9. The van der Waals surface area contributed by atoms with Crippen molar-refractivity contribution in [3.05, 3.63) is 70.0 Å². The van der Waals surface area contributed by atoms with Gasteiger partial charge >= 0.3 is 0 Å². The minimum Gasteiger partial charge on any atom is -0.360 e. The smallest absolute Gasteiger partial charge is 0.257 e. The van der Waals surface area contributed by atoms with Gasteiger partial charge in [-0.25, -0.2) is 0 Å². The van der Waals surface area contributed by atoms with E-state index in [4.69, 9.17) is 32.2 Å². The number of nitrogens with zero attached hydrogens (tertiary/aromatic N) is 4. The Morgan fingerprint density at radius 1 is 1.07 bits per heavy atom. The maximum Gasteiger partial charge on any atom is 0.257 e. The lowest BCUT2D eigenvalue weighted by atomic mass is 10.1. The van der Waals surface area contributed by atoms with Crippen molar-refractivity contribution in [1.29, 1.82) is 0 Å². The van der Waals surface area contributed by atoms with Crippen LogP contribution in [0.2, 0.25) is 10.0 Å². The Balaban J connectivity index is 1.55. The van der Waals surface area contributed by atoms with Gasteiger partial charge in [0.15, 0.2) is 0 Å². The minimum absolute atomic E-state index is 0.0250. The maximum atomic E-state index is 12.8. The molecule has 0 fully saturated rings. The van der Waals surface area contributed by atoms with Crippen molar-refractivity contribution in [3.63, 3.8) is 0 Å². The summed E-state index contributed by atoms with van der Waals surface area (Å²) in [6.45, 7) is 1.65. The van der Waals surface area contributed by atoms with Crippen molar-refractivity contribution in [1.82, 2.24) is 25.6 Å². The fourth-order valence-electron chi connectivity index (χ4n) is 2.72. The second-order valence-corrected chi connectivity index (χ2v) is 6.80. The van der Waals surface area contributed by atoms with Crippen molar-refractivity contribution in [2.75, 3.05) is 0 Å². The third kappa shape index (κ3) is 3.85. The summed E-state index contributed by atoms with van der Waals surface area (Å²) in [5.41, 5.74) is 1.68. The number of carbonyl (C=O) groups is 1. The summed E-state index contributed by atoms with van der Waals surface area (Å²) in [5.74, 6) is 0.549. The van der Waals surface area contributed by atoms with E-state index in [9.17, 15) is 4.79 Å². The lowest BCUT2D eigenvalue weighted by Crippen LogP contribution is -2.24. The van der Waals surface area contributed by atoms with Crippen LogP contribution in [0.1, 0.15) is 22.0 Å². The number of hydrogen-bond acceptors (Lipinski definition) is 7. The molecule has 0 unspecified atom stereocenters. The van der Waals surface area contributed by atoms with Crippen LogP contribution >= 0.6 is 23.2 Å². The van der Waals surface area contributed by atoms with Gasteiger partial charge in [-0.3, -0.25) is 9.78 Å². The molecule has 0 saturated heterocycles. The SMILES string of the molecule is Cc1onc(-c2c(Cl)cccc2Cl)c1C(=O)NCc1nc(-c2ccncc2)no1. The quantitative estimate of drug-likeness (QED) is 0.502. The molecule has 0 saturated carbocycles. The highest BCUT2D eigenvalue weighted by atomic mass is 35.5. The predicted octanol–water partition coefficient (Wildman–Crippen LogP) is 4.33. The van der Waals surface area contributed by atoms with E-state index < -0.39 is 5.91 Å². The summed E-state index contributed by atoms with van der Waals surface area (Å²) in [6.07, 6.45) is 3.26. The number of carbonyl (C=O) groups excluding carboxylic acids is 1. The summed E-state index contributed by atoms with van der Waals surface area (Å²) >= 11 is 12.5. The Morgan fingerprint density at radius 3 is 2.52 bits per heavy atom. The van der Waals surface area contributed by atoms with Crippen LogP contribution in [-0.4, -0.2) is 26.2 Å². The highest BCUT2D eigenvalue weighted by molar-refractivity contribution is 6.39. The molecule has 0 bridgehead atoms. The maximum absolute atomic E-state index is 12.8. The van der Waals surface area contributed by atoms with Gasteiger partial charge in [0.25, 0.3) is 5.91 Å². The lowest BCUT2D eigenvalue weighted by molar-refractivity contribution is 0.0945. The Morgan fingerprint density at radius 2 is 1.79 bits per heavy atom. The molecule has 0 aliphatic heterocycles. The first-order valence-electron chi connectivity index (χ1n) is 8.46. The molecule has 1 aromatic carbocycles. The van der Waals surface area contributed by atoms with Gasteiger partial charge in [0.05, 0.1) is 16.6 Å². The van der Waals surface area contributed by atoms with E-state index in [-0.39, 0.29) is 23.7 Å². The molecular formula is C19H13Cl2N5O3. The topological polar surface area (TPSA) is 107 Å². The number of aromatic nitrogens is 4. The lowest BCUT2D eigenvalue weighted by Gasteiger charge is -2.06. The molecule has 8 nitrogen and oxygen atoms in total. The van der Waals surface area contributed by atoms with Gasteiger partial charge in [-0.1, -0.05) is 39.6 Å². The van der Waals surface area contributed by atoms with Gasteiger partial charge in [-0.05, 0) is 31.2 Å². The van der Waals surface area contributed by atoms with E-state index >= 15 is 0 Å². The van der Waals surface area contributed by atoms with Gasteiger partial charge in [0.2, 0.25) is 11.7 Å². The predicted molar refractivity (Wildman–Crippen MR) is 105 cm³/mol. The van der Waals surface area contributed by atoms with Crippen molar-refractivity contribution < 1.29 is 13.8 Å². The Labute approximate surface area is 174 Å². The first-order valence-corrected chi connectivity index (χ1v) is 9.22. The number of rotatable bonds is 5. The Kier molecular flexibility index (Phi) is 5.28. The molecule has 1 N–H and O–H groups in total. The number of aryl methyl sites for hydroxylation is 1. The molecule has 0 spiro atoms. The highest BCUT2D eigenvalue weighted by Crippen LogP contribution is 2.36. The number of benzene rings is 1. The second-order valence-electron chi connectivity index (χ2n) is 5.99. The van der Waals surface area contributed by atoms with E-state index in [1.54, 1.807) is 49.6 Å². The zero-order chi connectivity index (χ0) is 20.4. The van der Waals surface area contributed by atoms with Gasteiger partial charge in [0.1, 0.15) is 17.0 Å². The van der Waals surface area contributed by atoms with E-state index in [1.807, 2.05) is 0 Å². The molecule has 4 rings (SSSR count). The van der Waals surface area contributed by atoms with Crippen LogP contribution in [0.4, 0.5) is 0 Å². The van der Waals surface area contributed by atoms with E-state index in [0.29, 0.717) is 27.2 Å². The van der Waals surface area contributed by atoms with E-state index in [2.05, 4.69) is 25.6 Å². The standard InChI is InChI=1S/C19H13Cl2N5O3/c1-10-15(17(25-28-10)16-12(20)3-2-4-13(16)21)19(27)23-9-14-24-18(26-29-14)11-5-7-22-8-6-11/h2-8H,9H2,1H3,(H,23,27). The van der Waals surface area contributed by atoms with Crippen LogP contribution in [0.15, 0.2) is 51.8 Å². The third-order valence-electron chi connectivity index (χ3n) is 4.10. The largest absolute Gasteiger partial charge is 0.360 e. The molecule has 1 amide bonds. The monoisotopic (exact) mass is 429 g/mol. The van der Waals surface area contributed by atoms with Gasteiger partial charge < -0.3 is 14.4 Å². The fourth-order valence-corrected chi connectivity index (χ4v) is 3.30. The van der Waals surface area contributed by atoms with Crippen LogP contribution in [0, 0.1) is 6.92 Å². The van der Waals surface area contributed by atoms with E-state index in [0.717, 1.165) is 5.56 Å². The molecule has 0 atom stereocenters. The van der Waals surface area contributed by atoms with Crippen LogP contribution in [-0.2, 0) is 6.54 Å². The molecule has 4 aromatic rings.